The first kappa shape index (κ1) is 18.1. The molecule has 25 heavy (non-hydrogen) atoms. The second kappa shape index (κ2) is 6.90. The summed E-state index contributed by atoms with van der Waals surface area (Å²) in [7, 11) is 0. The molecule has 1 fully saturated rings. The SMILES string of the molecule is C[C@@H]1CCCN(C(=O)C[C@@H]2Sc3ccc(C(F)(F)F)cc3NC2=O)C1. The van der Waals surface area contributed by atoms with E-state index in [4.69, 9.17) is 0 Å². The molecule has 1 aromatic rings. The second-order valence-electron chi connectivity index (χ2n) is 6.60. The molecule has 2 heterocycles. The molecule has 0 aliphatic carbocycles. The van der Waals surface area contributed by atoms with Gasteiger partial charge in [-0.1, -0.05) is 6.92 Å². The molecule has 1 N–H and O–H groups in total. The third-order valence-electron chi connectivity index (χ3n) is 4.50. The quantitative estimate of drug-likeness (QED) is 0.860. The molecule has 2 amide bonds. The lowest BCUT2D eigenvalue weighted by Crippen LogP contribution is -2.42. The van der Waals surface area contributed by atoms with Crippen LogP contribution in [0.1, 0.15) is 31.7 Å². The van der Waals surface area contributed by atoms with Crippen LogP contribution >= 0.6 is 11.8 Å². The number of amides is 2. The number of alkyl halides is 3. The highest BCUT2D eigenvalue weighted by molar-refractivity contribution is 8.01. The second-order valence-corrected chi connectivity index (χ2v) is 7.84. The smallest absolute Gasteiger partial charge is 0.342 e. The summed E-state index contributed by atoms with van der Waals surface area (Å²) in [4.78, 5) is 27.0. The highest BCUT2D eigenvalue weighted by Gasteiger charge is 2.35. The van der Waals surface area contributed by atoms with Crippen molar-refractivity contribution in [2.24, 2.45) is 5.92 Å². The molecule has 2 atom stereocenters. The van der Waals surface area contributed by atoms with Gasteiger partial charge in [0.15, 0.2) is 0 Å². The maximum Gasteiger partial charge on any atom is 0.416 e. The van der Waals surface area contributed by atoms with E-state index in [9.17, 15) is 22.8 Å². The van der Waals surface area contributed by atoms with Crippen molar-refractivity contribution in [3.8, 4) is 0 Å². The van der Waals surface area contributed by atoms with Crippen LogP contribution in [-0.2, 0) is 15.8 Å². The molecular formula is C17H19F3N2O2S. The number of nitrogens with one attached hydrogen (secondary N) is 1. The molecule has 0 saturated carbocycles. The fraction of sp³-hybridized carbons (Fsp3) is 0.529. The number of carbonyl (C=O) groups is 2. The number of benzene rings is 1. The zero-order valence-corrected chi connectivity index (χ0v) is 14.5. The standard InChI is InChI=1S/C17H19F3N2O2S/c1-10-3-2-6-22(9-10)15(23)8-14-16(24)21-12-7-11(17(18,19)20)4-5-13(12)25-14/h4-5,7,10,14H,2-3,6,8-9H2,1H3,(H,21,24)/t10-,14+/m1/s1. The van der Waals surface area contributed by atoms with E-state index in [0.29, 0.717) is 23.9 Å². The van der Waals surface area contributed by atoms with Gasteiger partial charge in [0.25, 0.3) is 0 Å². The molecule has 136 valence electrons. The molecule has 2 aliphatic heterocycles. The fourth-order valence-corrected chi connectivity index (χ4v) is 4.25. The largest absolute Gasteiger partial charge is 0.416 e. The van der Waals surface area contributed by atoms with Gasteiger partial charge in [-0.15, -0.1) is 11.8 Å². The molecule has 0 aromatic heterocycles. The summed E-state index contributed by atoms with van der Waals surface area (Å²) >= 11 is 1.15. The predicted octanol–water partition coefficient (Wildman–Crippen LogP) is 3.77. The number of piperidine rings is 1. The minimum Gasteiger partial charge on any atom is -0.342 e. The average Bonchev–Trinajstić information content (AvgIpc) is 2.54. The zero-order valence-electron chi connectivity index (χ0n) is 13.7. The first-order valence-corrected chi connectivity index (χ1v) is 9.08. The van der Waals surface area contributed by atoms with Crippen LogP contribution in [0.4, 0.5) is 18.9 Å². The Bertz CT molecular complexity index is 693. The van der Waals surface area contributed by atoms with Gasteiger partial charge in [0.1, 0.15) is 0 Å². The number of fused-ring (bicyclic) bond motifs is 1. The average molecular weight is 372 g/mol. The van der Waals surface area contributed by atoms with Gasteiger partial charge in [-0.05, 0) is 37.0 Å². The number of carbonyl (C=O) groups excluding carboxylic acids is 2. The van der Waals surface area contributed by atoms with E-state index in [1.807, 2.05) is 0 Å². The van der Waals surface area contributed by atoms with Crippen LogP contribution in [0.15, 0.2) is 23.1 Å². The van der Waals surface area contributed by atoms with Gasteiger partial charge in [-0.25, -0.2) is 0 Å². The molecule has 3 rings (SSSR count). The lowest BCUT2D eigenvalue weighted by atomic mass is 10.00. The van der Waals surface area contributed by atoms with Crippen LogP contribution < -0.4 is 5.32 Å². The molecule has 0 unspecified atom stereocenters. The van der Waals surface area contributed by atoms with Crippen LogP contribution in [0.2, 0.25) is 0 Å². The van der Waals surface area contributed by atoms with E-state index in [-0.39, 0.29) is 18.0 Å². The Morgan fingerprint density at radius 1 is 1.40 bits per heavy atom. The highest BCUT2D eigenvalue weighted by Crippen LogP contribution is 2.40. The van der Waals surface area contributed by atoms with Crippen LogP contribution in [0.5, 0.6) is 0 Å². The predicted molar refractivity (Wildman–Crippen MR) is 89.3 cm³/mol. The normalized spacial score (nSPS) is 23.8. The molecule has 1 saturated heterocycles. The van der Waals surface area contributed by atoms with E-state index in [2.05, 4.69) is 12.2 Å². The van der Waals surface area contributed by atoms with Crippen molar-refractivity contribution in [1.82, 2.24) is 4.90 Å². The zero-order chi connectivity index (χ0) is 18.2. The van der Waals surface area contributed by atoms with Gasteiger partial charge in [0, 0.05) is 24.4 Å². The summed E-state index contributed by atoms with van der Waals surface area (Å²) < 4.78 is 38.3. The van der Waals surface area contributed by atoms with Crippen molar-refractivity contribution in [2.45, 2.75) is 42.5 Å². The molecule has 0 radical (unpaired) electrons. The number of halogens is 3. The van der Waals surface area contributed by atoms with Gasteiger partial charge < -0.3 is 10.2 Å². The van der Waals surface area contributed by atoms with Crippen LogP contribution in [0, 0.1) is 5.92 Å². The molecule has 1 aromatic carbocycles. The molecule has 0 bridgehead atoms. The minimum atomic E-state index is -4.46. The number of anilines is 1. The monoisotopic (exact) mass is 372 g/mol. The van der Waals surface area contributed by atoms with Crippen molar-refractivity contribution in [3.05, 3.63) is 23.8 Å². The Morgan fingerprint density at radius 2 is 2.16 bits per heavy atom. The lowest BCUT2D eigenvalue weighted by molar-refractivity contribution is -0.137. The number of nitrogens with zero attached hydrogens (tertiary/aromatic N) is 1. The summed E-state index contributed by atoms with van der Waals surface area (Å²) in [5.74, 6) is -0.0446. The number of hydrogen-bond acceptors (Lipinski definition) is 3. The van der Waals surface area contributed by atoms with E-state index in [1.54, 1.807) is 4.90 Å². The van der Waals surface area contributed by atoms with Crippen molar-refractivity contribution >= 4 is 29.3 Å². The summed E-state index contributed by atoms with van der Waals surface area (Å²) in [6.45, 7) is 3.49. The van der Waals surface area contributed by atoms with Gasteiger partial charge >= 0.3 is 6.18 Å². The molecular weight excluding hydrogens is 353 g/mol. The Hall–Kier alpha value is -1.70. The van der Waals surface area contributed by atoms with E-state index in [0.717, 1.165) is 36.7 Å². The van der Waals surface area contributed by atoms with Gasteiger partial charge in [0.05, 0.1) is 16.5 Å². The van der Waals surface area contributed by atoms with Crippen molar-refractivity contribution in [2.75, 3.05) is 18.4 Å². The van der Waals surface area contributed by atoms with E-state index in [1.165, 1.54) is 6.07 Å². The Morgan fingerprint density at radius 3 is 2.84 bits per heavy atom. The van der Waals surface area contributed by atoms with Gasteiger partial charge in [-0.2, -0.15) is 13.2 Å². The first-order valence-electron chi connectivity index (χ1n) is 8.20. The topological polar surface area (TPSA) is 49.4 Å². The summed E-state index contributed by atoms with van der Waals surface area (Å²) in [5.41, 5.74) is -0.649. The fourth-order valence-electron chi connectivity index (χ4n) is 3.16. The number of likely N-dealkylation sites (tertiary alicyclic amines) is 1. The Labute approximate surface area is 148 Å². The van der Waals surface area contributed by atoms with Crippen LogP contribution in [-0.4, -0.2) is 35.1 Å². The first-order chi connectivity index (χ1) is 11.7. The van der Waals surface area contributed by atoms with E-state index < -0.39 is 22.9 Å². The summed E-state index contributed by atoms with van der Waals surface area (Å²) in [6, 6.07) is 3.28. The lowest BCUT2D eigenvalue weighted by Gasteiger charge is -2.32. The number of thioether (sulfide) groups is 1. The van der Waals surface area contributed by atoms with Crippen LogP contribution in [0.25, 0.3) is 0 Å². The molecule has 4 nitrogen and oxygen atoms in total. The Kier molecular flexibility index (Phi) is 4.99. The number of hydrogen-bond donors (Lipinski definition) is 1. The maximum absolute atomic E-state index is 12.8. The Balaban J connectivity index is 1.69. The third-order valence-corrected chi connectivity index (χ3v) is 5.77. The maximum atomic E-state index is 12.8. The highest BCUT2D eigenvalue weighted by atomic mass is 32.2. The van der Waals surface area contributed by atoms with Gasteiger partial charge in [0.2, 0.25) is 11.8 Å². The molecule has 2 aliphatic rings. The molecule has 0 spiro atoms. The van der Waals surface area contributed by atoms with Crippen molar-refractivity contribution in [1.29, 1.82) is 0 Å². The van der Waals surface area contributed by atoms with Crippen molar-refractivity contribution in [3.63, 3.8) is 0 Å². The van der Waals surface area contributed by atoms with E-state index >= 15 is 0 Å². The van der Waals surface area contributed by atoms with Gasteiger partial charge in [-0.3, -0.25) is 9.59 Å². The number of rotatable bonds is 2. The van der Waals surface area contributed by atoms with Crippen LogP contribution in [0.3, 0.4) is 0 Å². The van der Waals surface area contributed by atoms with Crippen molar-refractivity contribution < 1.29 is 22.8 Å². The summed E-state index contributed by atoms with van der Waals surface area (Å²) in [5, 5.41) is 1.89. The molecule has 8 heteroatoms. The summed E-state index contributed by atoms with van der Waals surface area (Å²) in [6.07, 6.45) is -2.34. The minimum absolute atomic E-state index is 0.0592. The third kappa shape index (κ3) is 4.11.